The van der Waals surface area contributed by atoms with Crippen LogP contribution in [0.3, 0.4) is 0 Å². The first-order valence-corrected chi connectivity index (χ1v) is 5.72. The molecule has 1 heterocycles. The molecule has 0 aliphatic carbocycles. The summed E-state index contributed by atoms with van der Waals surface area (Å²) in [6.45, 7) is 0. The summed E-state index contributed by atoms with van der Waals surface area (Å²) < 4.78 is 10.3. The summed E-state index contributed by atoms with van der Waals surface area (Å²) in [6, 6.07) is 10.8. The Kier molecular flexibility index (Phi) is 4.29. The summed E-state index contributed by atoms with van der Waals surface area (Å²) in [5.41, 5.74) is 0.813. The lowest BCUT2D eigenvalue weighted by Crippen LogP contribution is -2.03. The standard InChI is InChI=1S/C15H13NO3/c1-18-14-7-3-2-5-12(14)8-9-15(17)19-13-6-4-10-16-11-13/h2-11H,1H3/b9-8+. The lowest BCUT2D eigenvalue weighted by molar-refractivity contribution is -0.128. The highest BCUT2D eigenvalue weighted by Crippen LogP contribution is 2.18. The van der Waals surface area contributed by atoms with Crippen molar-refractivity contribution in [2.75, 3.05) is 7.11 Å². The molecular weight excluding hydrogens is 242 g/mol. The molecule has 0 aliphatic rings. The van der Waals surface area contributed by atoms with Crippen molar-refractivity contribution in [1.82, 2.24) is 4.98 Å². The van der Waals surface area contributed by atoms with Crippen molar-refractivity contribution >= 4 is 12.0 Å². The molecule has 4 nitrogen and oxygen atoms in total. The molecule has 19 heavy (non-hydrogen) atoms. The Labute approximate surface area is 111 Å². The van der Waals surface area contributed by atoms with Gasteiger partial charge >= 0.3 is 5.97 Å². The number of pyridine rings is 1. The van der Waals surface area contributed by atoms with Gasteiger partial charge in [0.15, 0.2) is 0 Å². The smallest absolute Gasteiger partial charge is 0.336 e. The highest BCUT2D eigenvalue weighted by Gasteiger charge is 2.01. The van der Waals surface area contributed by atoms with E-state index in [0.717, 1.165) is 5.56 Å². The van der Waals surface area contributed by atoms with Gasteiger partial charge in [0.25, 0.3) is 0 Å². The Balaban J connectivity index is 2.04. The molecule has 0 unspecified atom stereocenters. The monoisotopic (exact) mass is 255 g/mol. The second-order valence-corrected chi connectivity index (χ2v) is 3.69. The molecule has 2 aromatic rings. The molecule has 0 fully saturated rings. The summed E-state index contributed by atoms with van der Waals surface area (Å²) in [5, 5.41) is 0. The second-order valence-electron chi connectivity index (χ2n) is 3.69. The van der Waals surface area contributed by atoms with Gasteiger partial charge in [-0.2, -0.15) is 0 Å². The number of rotatable bonds is 4. The summed E-state index contributed by atoms with van der Waals surface area (Å²) in [5.74, 6) is 0.656. The molecule has 0 saturated carbocycles. The molecule has 0 saturated heterocycles. The second kappa shape index (κ2) is 6.35. The zero-order valence-electron chi connectivity index (χ0n) is 10.4. The molecule has 0 bridgehead atoms. The first-order chi connectivity index (χ1) is 9.29. The predicted molar refractivity (Wildman–Crippen MR) is 71.9 cm³/mol. The summed E-state index contributed by atoms with van der Waals surface area (Å²) >= 11 is 0. The number of carbonyl (C=O) groups is 1. The van der Waals surface area contributed by atoms with Gasteiger partial charge in [-0.3, -0.25) is 4.98 Å². The van der Waals surface area contributed by atoms with Gasteiger partial charge in [0.2, 0.25) is 0 Å². The SMILES string of the molecule is COc1ccccc1/C=C/C(=O)Oc1cccnc1. The lowest BCUT2D eigenvalue weighted by Gasteiger charge is -2.03. The number of esters is 1. The van der Waals surface area contributed by atoms with Crippen molar-refractivity contribution in [2.45, 2.75) is 0 Å². The molecule has 0 spiro atoms. The van der Waals surface area contributed by atoms with E-state index in [1.165, 1.54) is 12.3 Å². The molecule has 0 N–H and O–H groups in total. The molecule has 0 radical (unpaired) electrons. The molecular formula is C15H13NO3. The van der Waals surface area contributed by atoms with Gasteiger partial charge in [0.1, 0.15) is 11.5 Å². The van der Waals surface area contributed by atoms with Crippen molar-refractivity contribution in [1.29, 1.82) is 0 Å². The van der Waals surface area contributed by atoms with Crippen LogP contribution < -0.4 is 9.47 Å². The van der Waals surface area contributed by atoms with Crippen LogP contribution in [0.2, 0.25) is 0 Å². The van der Waals surface area contributed by atoms with Crippen LogP contribution >= 0.6 is 0 Å². The third kappa shape index (κ3) is 3.67. The molecule has 0 aliphatic heterocycles. The number of para-hydroxylation sites is 1. The fraction of sp³-hybridized carbons (Fsp3) is 0.0667. The zero-order chi connectivity index (χ0) is 13.5. The van der Waals surface area contributed by atoms with Gasteiger partial charge in [-0.05, 0) is 24.3 Å². The van der Waals surface area contributed by atoms with E-state index in [2.05, 4.69) is 4.98 Å². The summed E-state index contributed by atoms with van der Waals surface area (Å²) in [6.07, 6.45) is 6.10. The van der Waals surface area contributed by atoms with E-state index in [-0.39, 0.29) is 0 Å². The highest BCUT2D eigenvalue weighted by molar-refractivity contribution is 5.89. The largest absolute Gasteiger partial charge is 0.496 e. The quantitative estimate of drug-likeness (QED) is 0.622. The minimum atomic E-state index is -0.459. The molecule has 1 aromatic heterocycles. The van der Waals surface area contributed by atoms with Crippen molar-refractivity contribution in [3.63, 3.8) is 0 Å². The first kappa shape index (κ1) is 12.8. The van der Waals surface area contributed by atoms with Gasteiger partial charge in [-0.15, -0.1) is 0 Å². The molecule has 1 aromatic carbocycles. The molecule has 0 amide bonds. The van der Waals surface area contributed by atoms with Crippen molar-refractivity contribution < 1.29 is 14.3 Å². The highest BCUT2D eigenvalue weighted by atomic mass is 16.5. The Hall–Kier alpha value is -2.62. The number of hydrogen-bond acceptors (Lipinski definition) is 4. The number of benzene rings is 1. The van der Waals surface area contributed by atoms with Crippen LogP contribution in [-0.4, -0.2) is 18.1 Å². The first-order valence-electron chi connectivity index (χ1n) is 5.72. The minimum absolute atomic E-state index is 0.414. The summed E-state index contributed by atoms with van der Waals surface area (Å²) in [7, 11) is 1.58. The molecule has 0 atom stereocenters. The summed E-state index contributed by atoms with van der Waals surface area (Å²) in [4.78, 5) is 15.5. The number of aromatic nitrogens is 1. The van der Waals surface area contributed by atoms with Crippen LogP contribution in [0, 0.1) is 0 Å². The van der Waals surface area contributed by atoms with Crippen LogP contribution in [0.5, 0.6) is 11.5 Å². The number of hydrogen-bond donors (Lipinski definition) is 0. The van der Waals surface area contributed by atoms with Gasteiger partial charge in [0, 0.05) is 17.8 Å². The maximum Gasteiger partial charge on any atom is 0.336 e. The lowest BCUT2D eigenvalue weighted by atomic mass is 10.2. The van der Waals surface area contributed by atoms with Gasteiger partial charge < -0.3 is 9.47 Å². The van der Waals surface area contributed by atoms with Crippen molar-refractivity contribution in [2.24, 2.45) is 0 Å². The Morgan fingerprint density at radius 1 is 1.21 bits per heavy atom. The molecule has 2 rings (SSSR count). The molecule has 96 valence electrons. The maximum atomic E-state index is 11.6. The van der Waals surface area contributed by atoms with Gasteiger partial charge in [-0.25, -0.2) is 4.79 Å². The van der Waals surface area contributed by atoms with E-state index in [1.54, 1.807) is 31.5 Å². The third-order valence-corrected chi connectivity index (χ3v) is 2.39. The van der Waals surface area contributed by atoms with E-state index in [0.29, 0.717) is 11.5 Å². The number of methoxy groups -OCH3 is 1. The van der Waals surface area contributed by atoms with Gasteiger partial charge in [-0.1, -0.05) is 18.2 Å². The topological polar surface area (TPSA) is 48.4 Å². The van der Waals surface area contributed by atoms with Crippen LogP contribution in [0.25, 0.3) is 6.08 Å². The van der Waals surface area contributed by atoms with Crippen LogP contribution in [0.15, 0.2) is 54.9 Å². The maximum absolute atomic E-state index is 11.6. The van der Waals surface area contributed by atoms with Crippen molar-refractivity contribution in [3.8, 4) is 11.5 Å². The number of nitrogens with zero attached hydrogens (tertiary/aromatic N) is 1. The van der Waals surface area contributed by atoms with Crippen LogP contribution in [0.4, 0.5) is 0 Å². The average Bonchev–Trinajstić information content (AvgIpc) is 2.46. The Morgan fingerprint density at radius 2 is 2.05 bits per heavy atom. The van der Waals surface area contributed by atoms with E-state index in [4.69, 9.17) is 9.47 Å². The van der Waals surface area contributed by atoms with E-state index < -0.39 is 5.97 Å². The van der Waals surface area contributed by atoms with Gasteiger partial charge in [0.05, 0.1) is 13.3 Å². The van der Waals surface area contributed by atoms with E-state index in [9.17, 15) is 4.79 Å². The van der Waals surface area contributed by atoms with Crippen LogP contribution in [0.1, 0.15) is 5.56 Å². The third-order valence-electron chi connectivity index (χ3n) is 2.39. The zero-order valence-corrected chi connectivity index (χ0v) is 10.4. The Bertz CT molecular complexity index is 579. The minimum Gasteiger partial charge on any atom is -0.496 e. The normalized spacial score (nSPS) is 10.4. The predicted octanol–water partition coefficient (Wildman–Crippen LogP) is 2.71. The molecule has 4 heteroatoms. The van der Waals surface area contributed by atoms with Crippen LogP contribution in [-0.2, 0) is 4.79 Å². The van der Waals surface area contributed by atoms with Crippen molar-refractivity contribution in [3.05, 3.63) is 60.4 Å². The number of carbonyl (C=O) groups excluding carboxylic acids is 1. The van der Waals surface area contributed by atoms with E-state index >= 15 is 0 Å². The average molecular weight is 255 g/mol. The fourth-order valence-corrected chi connectivity index (χ4v) is 1.52. The number of ether oxygens (including phenoxy) is 2. The fourth-order valence-electron chi connectivity index (χ4n) is 1.52. The van der Waals surface area contributed by atoms with E-state index in [1.807, 2.05) is 24.3 Å². The Morgan fingerprint density at radius 3 is 2.79 bits per heavy atom.